The average molecular weight is 367 g/mol. The summed E-state index contributed by atoms with van der Waals surface area (Å²) in [5.74, 6) is 0. The van der Waals surface area contributed by atoms with Crippen molar-refractivity contribution in [2.75, 3.05) is 0 Å². The van der Waals surface area contributed by atoms with Gasteiger partial charge in [-0.15, -0.1) is 12.4 Å². The molecule has 2 aromatic carbocycles. The first-order chi connectivity index (χ1) is 8.88. The molecule has 0 aliphatic carbocycles. The van der Waals surface area contributed by atoms with Gasteiger partial charge in [0.15, 0.2) is 0 Å². The maximum absolute atomic E-state index is 12.8. The van der Waals surface area contributed by atoms with Gasteiger partial charge >= 0.3 is 6.18 Å². The van der Waals surface area contributed by atoms with E-state index in [0.717, 1.165) is 17.7 Å². The third kappa shape index (κ3) is 3.98. The van der Waals surface area contributed by atoms with E-state index in [2.05, 4.69) is 15.9 Å². The molecular formula is C14H12BrClF3N. The molecule has 6 heteroatoms. The summed E-state index contributed by atoms with van der Waals surface area (Å²) in [6.07, 6.45) is -4.38. The Hall–Kier alpha value is -1.04. The molecule has 0 fully saturated rings. The second kappa shape index (κ2) is 6.61. The van der Waals surface area contributed by atoms with Crippen LogP contribution in [0.15, 0.2) is 53.0 Å². The fourth-order valence-electron chi connectivity index (χ4n) is 1.81. The molecule has 0 saturated carbocycles. The van der Waals surface area contributed by atoms with Crippen LogP contribution in [0.5, 0.6) is 0 Å². The van der Waals surface area contributed by atoms with Crippen molar-refractivity contribution in [2.24, 2.45) is 5.73 Å². The molecule has 0 spiro atoms. The summed E-state index contributed by atoms with van der Waals surface area (Å²) in [5, 5.41) is 0. The average Bonchev–Trinajstić information content (AvgIpc) is 2.37. The van der Waals surface area contributed by atoms with Crippen LogP contribution in [0, 0.1) is 0 Å². The predicted molar refractivity (Wildman–Crippen MR) is 78.9 cm³/mol. The Balaban J connectivity index is 0.00000200. The minimum Gasteiger partial charge on any atom is -0.320 e. The lowest BCUT2D eigenvalue weighted by Crippen LogP contribution is -2.14. The highest BCUT2D eigenvalue weighted by atomic mass is 79.9. The molecule has 0 aliphatic rings. The van der Waals surface area contributed by atoms with Gasteiger partial charge in [-0.1, -0.05) is 46.3 Å². The summed E-state index contributed by atoms with van der Waals surface area (Å²) >= 11 is 3.09. The van der Waals surface area contributed by atoms with Crippen molar-refractivity contribution in [3.63, 3.8) is 0 Å². The normalized spacial score (nSPS) is 12.7. The summed E-state index contributed by atoms with van der Waals surface area (Å²) in [7, 11) is 0. The summed E-state index contributed by atoms with van der Waals surface area (Å²) in [6, 6.07) is 12.2. The topological polar surface area (TPSA) is 26.0 Å². The molecule has 1 atom stereocenters. The Morgan fingerprint density at radius 2 is 1.55 bits per heavy atom. The quantitative estimate of drug-likeness (QED) is 0.800. The highest BCUT2D eigenvalue weighted by Crippen LogP contribution is 2.34. The van der Waals surface area contributed by atoms with E-state index in [4.69, 9.17) is 5.73 Å². The van der Waals surface area contributed by atoms with Gasteiger partial charge in [0.2, 0.25) is 0 Å². The Bertz CT molecular complexity index is 572. The van der Waals surface area contributed by atoms with Gasteiger partial charge in [0.1, 0.15) is 0 Å². The first kappa shape index (κ1) is 17.0. The van der Waals surface area contributed by atoms with Crippen LogP contribution in [0.3, 0.4) is 0 Å². The molecular weight excluding hydrogens is 355 g/mol. The van der Waals surface area contributed by atoms with Crippen molar-refractivity contribution in [2.45, 2.75) is 12.2 Å². The van der Waals surface area contributed by atoms with Crippen molar-refractivity contribution in [3.05, 3.63) is 69.7 Å². The molecule has 0 aromatic heterocycles. The van der Waals surface area contributed by atoms with E-state index in [1.807, 2.05) is 6.07 Å². The van der Waals surface area contributed by atoms with Crippen LogP contribution >= 0.6 is 28.3 Å². The number of halogens is 5. The molecule has 20 heavy (non-hydrogen) atoms. The minimum absolute atomic E-state index is 0. The lowest BCUT2D eigenvalue weighted by atomic mass is 9.98. The molecule has 0 saturated heterocycles. The van der Waals surface area contributed by atoms with Gasteiger partial charge in [0.25, 0.3) is 0 Å². The predicted octanol–water partition coefficient (Wildman–Crippen LogP) is 4.94. The zero-order valence-electron chi connectivity index (χ0n) is 10.2. The van der Waals surface area contributed by atoms with E-state index in [9.17, 15) is 13.2 Å². The Morgan fingerprint density at radius 1 is 0.950 bits per heavy atom. The highest BCUT2D eigenvalue weighted by Gasteiger charge is 2.31. The van der Waals surface area contributed by atoms with Crippen LogP contribution in [0.4, 0.5) is 13.2 Å². The third-order valence-corrected chi connectivity index (χ3v) is 3.22. The number of alkyl halides is 3. The van der Waals surface area contributed by atoms with Gasteiger partial charge in [0, 0.05) is 4.47 Å². The van der Waals surface area contributed by atoms with Crippen LogP contribution in [-0.4, -0.2) is 0 Å². The van der Waals surface area contributed by atoms with E-state index in [-0.39, 0.29) is 12.4 Å². The number of hydrogen-bond donors (Lipinski definition) is 1. The van der Waals surface area contributed by atoms with Gasteiger partial charge in [-0.3, -0.25) is 0 Å². The van der Waals surface area contributed by atoms with Crippen molar-refractivity contribution in [3.8, 4) is 0 Å². The molecule has 2 rings (SSSR count). The lowest BCUT2D eigenvalue weighted by molar-refractivity contribution is -0.137. The molecule has 2 aromatic rings. The van der Waals surface area contributed by atoms with Gasteiger partial charge in [0.05, 0.1) is 11.6 Å². The highest BCUT2D eigenvalue weighted by molar-refractivity contribution is 9.10. The Morgan fingerprint density at radius 3 is 2.10 bits per heavy atom. The van der Waals surface area contributed by atoms with Crippen LogP contribution < -0.4 is 5.73 Å². The summed E-state index contributed by atoms with van der Waals surface area (Å²) in [6.45, 7) is 0. The monoisotopic (exact) mass is 365 g/mol. The van der Waals surface area contributed by atoms with E-state index >= 15 is 0 Å². The largest absolute Gasteiger partial charge is 0.416 e. The van der Waals surface area contributed by atoms with Gasteiger partial charge in [-0.25, -0.2) is 0 Å². The fourth-order valence-corrected chi connectivity index (χ4v) is 2.32. The van der Waals surface area contributed by atoms with Crippen LogP contribution in [0.1, 0.15) is 22.7 Å². The number of benzene rings is 2. The standard InChI is InChI=1S/C14H11BrF3N.ClH/c15-12-7-10(6-11(8-12)14(16,17)18)13(19)9-4-2-1-3-5-9;/h1-8,13H,19H2;1H. The number of nitrogens with two attached hydrogens (primary N) is 1. The first-order valence-corrected chi connectivity index (χ1v) is 6.35. The maximum atomic E-state index is 12.8. The number of hydrogen-bond acceptors (Lipinski definition) is 1. The zero-order valence-corrected chi connectivity index (χ0v) is 12.6. The molecule has 0 radical (unpaired) electrons. The molecule has 1 unspecified atom stereocenters. The van der Waals surface area contributed by atoms with Crippen molar-refractivity contribution < 1.29 is 13.2 Å². The van der Waals surface area contributed by atoms with Gasteiger partial charge in [-0.2, -0.15) is 13.2 Å². The molecule has 0 bridgehead atoms. The van der Waals surface area contributed by atoms with E-state index in [1.165, 1.54) is 0 Å². The summed E-state index contributed by atoms with van der Waals surface area (Å²) in [4.78, 5) is 0. The summed E-state index contributed by atoms with van der Waals surface area (Å²) < 4.78 is 38.6. The molecule has 0 amide bonds. The second-order valence-corrected chi connectivity index (χ2v) is 5.08. The van der Waals surface area contributed by atoms with E-state index in [1.54, 1.807) is 30.3 Å². The Labute approximate surface area is 129 Å². The lowest BCUT2D eigenvalue weighted by Gasteiger charge is -2.15. The second-order valence-electron chi connectivity index (χ2n) is 4.16. The third-order valence-electron chi connectivity index (χ3n) is 2.77. The van der Waals surface area contributed by atoms with Gasteiger partial charge < -0.3 is 5.73 Å². The van der Waals surface area contributed by atoms with Crippen molar-refractivity contribution >= 4 is 28.3 Å². The molecule has 108 valence electrons. The number of rotatable bonds is 2. The molecule has 0 aliphatic heterocycles. The minimum atomic E-state index is -4.38. The molecule has 0 heterocycles. The summed E-state index contributed by atoms with van der Waals surface area (Å²) in [5.41, 5.74) is 6.50. The van der Waals surface area contributed by atoms with Gasteiger partial charge in [-0.05, 0) is 29.3 Å². The van der Waals surface area contributed by atoms with Crippen molar-refractivity contribution in [1.82, 2.24) is 0 Å². The Kier molecular flexibility index (Phi) is 5.62. The fraction of sp³-hybridized carbons (Fsp3) is 0.143. The zero-order chi connectivity index (χ0) is 14.0. The van der Waals surface area contributed by atoms with Crippen LogP contribution in [-0.2, 0) is 6.18 Å². The van der Waals surface area contributed by atoms with E-state index < -0.39 is 17.8 Å². The smallest absolute Gasteiger partial charge is 0.320 e. The maximum Gasteiger partial charge on any atom is 0.416 e. The van der Waals surface area contributed by atoms with Crippen molar-refractivity contribution in [1.29, 1.82) is 0 Å². The van der Waals surface area contributed by atoms with Crippen LogP contribution in [0.2, 0.25) is 0 Å². The molecule has 1 nitrogen and oxygen atoms in total. The first-order valence-electron chi connectivity index (χ1n) is 5.56. The SMILES string of the molecule is Cl.NC(c1ccccc1)c1cc(Br)cc(C(F)(F)F)c1. The molecule has 2 N–H and O–H groups in total. The van der Waals surface area contributed by atoms with Crippen LogP contribution in [0.25, 0.3) is 0 Å². The van der Waals surface area contributed by atoms with E-state index in [0.29, 0.717) is 10.0 Å².